The first-order valence-electron chi connectivity index (χ1n) is 7.13. The summed E-state index contributed by atoms with van der Waals surface area (Å²) in [6, 6.07) is 12.2. The summed E-state index contributed by atoms with van der Waals surface area (Å²) in [5.41, 5.74) is 0.886. The summed E-state index contributed by atoms with van der Waals surface area (Å²) in [6.07, 6.45) is 3.86. The molecule has 0 bridgehead atoms. The number of fused-ring (bicyclic) bond motifs is 1. The van der Waals surface area contributed by atoms with E-state index in [1.165, 1.54) is 19.3 Å². The standard InChI is InChI=1S/C18H18O2/c19-12-4-9-17-16-8-2-1-7-15(16)10-11-18(17)20-13-14-5-3-6-14/h1-2,7-8,10-11,14,19H,3,5-6,12-13H2. The van der Waals surface area contributed by atoms with Gasteiger partial charge in [-0.05, 0) is 30.2 Å². The van der Waals surface area contributed by atoms with Crippen LogP contribution in [0.2, 0.25) is 0 Å². The summed E-state index contributed by atoms with van der Waals surface area (Å²) in [5.74, 6) is 7.30. The highest BCUT2D eigenvalue weighted by molar-refractivity contribution is 5.90. The molecule has 20 heavy (non-hydrogen) atoms. The lowest BCUT2D eigenvalue weighted by Crippen LogP contribution is -2.19. The molecule has 2 aromatic carbocycles. The van der Waals surface area contributed by atoms with Gasteiger partial charge in [-0.15, -0.1) is 0 Å². The summed E-state index contributed by atoms with van der Waals surface area (Å²) in [6.45, 7) is 0.636. The summed E-state index contributed by atoms with van der Waals surface area (Å²) < 4.78 is 5.96. The van der Waals surface area contributed by atoms with E-state index in [1.807, 2.05) is 24.3 Å². The number of aliphatic hydroxyl groups is 1. The van der Waals surface area contributed by atoms with Gasteiger partial charge in [-0.1, -0.05) is 48.6 Å². The van der Waals surface area contributed by atoms with Crippen LogP contribution in [0.1, 0.15) is 24.8 Å². The molecule has 2 aromatic rings. The van der Waals surface area contributed by atoms with Crippen LogP contribution in [0.15, 0.2) is 36.4 Å². The van der Waals surface area contributed by atoms with E-state index in [4.69, 9.17) is 9.84 Å². The predicted octanol–water partition coefficient (Wildman–Crippen LogP) is 3.36. The SMILES string of the molecule is OCC#Cc1c(OCC2CCC2)ccc2ccccc12. The summed E-state index contributed by atoms with van der Waals surface area (Å²) >= 11 is 0. The Labute approximate surface area is 119 Å². The van der Waals surface area contributed by atoms with Gasteiger partial charge in [-0.2, -0.15) is 0 Å². The fourth-order valence-corrected chi connectivity index (χ4v) is 2.50. The number of hydrogen-bond donors (Lipinski definition) is 1. The van der Waals surface area contributed by atoms with Crippen molar-refractivity contribution in [1.82, 2.24) is 0 Å². The monoisotopic (exact) mass is 266 g/mol. The molecule has 2 heteroatoms. The summed E-state index contributed by atoms with van der Waals surface area (Å²) in [5, 5.41) is 11.2. The molecular weight excluding hydrogens is 248 g/mol. The Balaban J connectivity index is 1.96. The van der Waals surface area contributed by atoms with E-state index in [0.717, 1.165) is 28.7 Å². The summed E-state index contributed by atoms with van der Waals surface area (Å²) in [4.78, 5) is 0. The number of rotatable bonds is 3. The Bertz CT molecular complexity index is 660. The van der Waals surface area contributed by atoms with Crippen molar-refractivity contribution in [1.29, 1.82) is 0 Å². The van der Waals surface area contributed by atoms with Gasteiger partial charge in [0.2, 0.25) is 0 Å². The molecule has 0 aliphatic heterocycles. The van der Waals surface area contributed by atoms with E-state index < -0.39 is 0 Å². The third kappa shape index (κ3) is 2.64. The van der Waals surface area contributed by atoms with Crippen molar-refractivity contribution in [2.75, 3.05) is 13.2 Å². The molecule has 2 nitrogen and oxygen atoms in total. The van der Waals surface area contributed by atoms with E-state index >= 15 is 0 Å². The highest BCUT2D eigenvalue weighted by atomic mass is 16.5. The minimum atomic E-state index is -0.134. The number of hydrogen-bond acceptors (Lipinski definition) is 2. The van der Waals surface area contributed by atoms with E-state index in [0.29, 0.717) is 5.92 Å². The normalized spacial score (nSPS) is 14.4. The maximum atomic E-state index is 8.94. The Kier molecular flexibility index (Phi) is 3.90. The molecule has 0 aromatic heterocycles. The van der Waals surface area contributed by atoms with Gasteiger partial charge in [0.25, 0.3) is 0 Å². The van der Waals surface area contributed by atoms with Gasteiger partial charge < -0.3 is 9.84 Å². The highest BCUT2D eigenvalue weighted by Crippen LogP contribution is 2.30. The minimum Gasteiger partial charge on any atom is -0.492 e. The molecule has 1 saturated carbocycles. The molecule has 0 amide bonds. The first-order chi connectivity index (χ1) is 9.88. The predicted molar refractivity (Wildman–Crippen MR) is 80.7 cm³/mol. The van der Waals surface area contributed by atoms with Crippen LogP contribution in [0.3, 0.4) is 0 Å². The Morgan fingerprint density at radius 3 is 2.75 bits per heavy atom. The number of benzene rings is 2. The van der Waals surface area contributed by atoms with Crippen molar-refractivity contribution in [2.24, 2.45) is 5.92 Å². The van der Waals surface area contributed by atoms with Crippen LogP contribution in [0, 0.1) is 17.8 Å². The molecule has 1 fully saturated rings. The Hall–Kier alpha value is -1.98. The molecule has 0 unspecified atom stereocenters. The quantitative estimate of drug-likeness (QED) is 0.863. The van der Waals surface area contributed by atoms with Crippen molar-refractivity contribution in [3.05, 3.63) is 42.0 Å². The second-order valence-electron chi connectivity index (χ2n) is 5.23. The zero-order valence-corrected chi connectivity index (χ0v) is 11.4. The molecule has 0 heterocycles. The van der Waals surface area contributed by atoms with E-state index in [9.17, 15) is 0 Å². The van der Waals surface area contributed by atoms with Crippen LogP contribution in [-0.2, 0) is 0 Å². The van der Waals surface area contributed by atoms with Crippen molar-refractivity contribution in [3.8, 4) is 17.6 Å². The van der Waals surface area contributed by atoms with Gasteiger partial charge in [0.1, 0.15) is 12.4 Å². The van der Waals surface area contributed by atoms with Gasteiger partial charge in [-0.25, -0.2) is 0 Å². The fraction of sp³-hybridized carbons (Fsp3) is 0.333. The molecule has 0 saturated heterocycles. The lowest BCUT2D eigenvalue weighted by Gasteiger charge is -2.25. The number of aliphatic hydroxyl groups excluding tert-OH is 1. The van der Waals surface area contributed by atoms with Crippen LogP contribution in [0.4, 0.5) is 0 Å². The Morgan fingerprint density at radius 2 is 2.00 bits per heavy atom. The lowest BCUT2D eigenvalue weighted by molar-refractivity contribution is 0.180. The van der Waals surface area contributed by atoms with Crippen molar-refractivity contribution < 1.29 is 9.84 Å². The molecule has 1 aliphatic carbocycles. The molecule has 0 radical (unpaired) electrons. The van der Waals surface area contributed by atoms with Gasteiger partial charge >= 0.3 is 0 Å². The smallest absolute Gasteiger partial charge is 0.135 e. The molecule has 3 rings (SSSR count). The molecule has 102 valence electrons. The average Bonchev–Trinajstić information content (AvgIpc) is 2.44. The second-order valence-corrected chi connectivity index (χ2v) is 5.23. The number of ether oxygens (including phenoxy) is 1. The van der Waals surface area contributed by atoms with Crippen molar-refractivity contribution >= 4 is 10.8 Å². The minimum absolute atomic E-state index is 0.134. The largest absolute Gasteiger partial charge is 0.492 e. The maximum absolute atomic E-state index is 8.94. The molecule has 1 aliphatic rings. The van der Waals surface area contributed by atoms with Crippen LogP contribution < -0.4 is 4.74 Å². The van der Waals surface area contributed by atoms with Gasteiger partial charge in [0, 0.05) is 5.39 Å². The van der Waals surface area contributed by atoms with Crippen LogP contribution in [-0.4, -0.2) is 18.3 Å². The van der Waals surface area contributed by atoms with Crippen molar-refractivity contribution in [2.45, 2.75) is 19.3 Å². The zero-order chi connectivity index (χ0) is 13.8. The molecule has 1 N–H and O–H groups in total. The maximum Gasteiger partial charge on any atom is 0.135 e. The van der Waals surface area contributed by atoms with Gasteiger partial charge in [-0.3, -0.25) is 0 Å². The lowest BCUT2D eigenvalue weighted by atomic mass is 9.86. The second kappa shape index (κ2) is 5.98. The third-order valence-corrected chi connectivity index (χ3v) is 3.88. The van der Waals surface area contributed by atoms with Crippen LogP contribution in [0.25, 0.3) is 10.8 Å². The summed E-state index contributed by atoms with van der Waals surface area (Å²) in [7, 11) is 0. The fourth-order valence-electron chi connectivity index (χ4n) is 2.50. The van der Waals surface area contributed by atoms with Crippen LogP contribution in [0.5, 0.6) is 5.75 Å². The highest BCUT2D eigenvalue weighted by Gasteiger charge is 2.18. The van der Waals surface area contributed by atoms with Crippen LogP contribution >= 0.6 is 0 Å². The van der Waals surface area contributed by atoms with E-state index in [-0.39, 0.29) is 6.61 Å². The van der Waals surface area contributed by atoms with E-state index in [1.54, 1.807) is 0 Å². The van der Waals surface area contributed by atoms with Gasteiger partial charge in [0.15, 0.2) is 0 Å². The molecular formula is C18H18O2. The third-order valence-electron chi connectivity index (χ3n) is 3.88. The van der Waals surface area contributed by atoms with E-state index in [2.05, 4.69) is 24.0 Å². The first kappa shape index (κ1) is 13.0. The zero-order valence-electron chi connectivity index (χ0n) is 11.4. The molecule has 0 atom stereocenters. The molecule has 0 spiro atoms. The Morgan fingerprint density at radius 1 is 1.15 bits per heavy atom. The first-order valence-corrected chi connectivity index (χ1v) is 7.13. The average molecular weight is 266 g/mol. The topological polar surface area (TPSA) is 29.5 Å². The van der Waals surface area contributed by atoms with Crippen molar-refractivity contribution in [3.63, 3.8) is 0 Å². The van der Waals surface area contributed by atoms with Gasteiger partial charge in [0.05, 0.1) is 12.2 Å².